The van der Waals surface area contributed by atoms with Crippen molar-refractivity contribution < 1.29 is 9.47 Å². The first-order valence-electron chi connectivity index (χ1n) is 8.41. The van der Waals surface area contributed by atoms with E-state index in [4.69, 9.17) is 9.47 Å². The van der Waals surface area contributed by atoms with E-state index in [1.165, 1.54) is 11.1 Å². The van der Waals surface area contributed by atoms with Gasteiger partial charge in [-0.25, -0.2) is 4.98 Å². The monoisotopic (exact) mass is 538 g/mol. The highest BCUT2D eigenvalue weighted by atomic mass is 127. The lowest BCUT2D eigenvalue weighted by Gasteiger charge is -2.25. The number of pyridine rings is 1. The highest BCUT2D eigenvalue weighted by molar-refractivity contribution is 14.1. The van der Waals surface area contributed by atoms with Gasteiger partial charge in [-0.3, -0.25) is 0 Å². The largest absolute Gasteiger partial charge is 0.497 e. The predicted molar refractivity (Wildman–Crippen MR) is 121 cm³/mol. The number of ether oxygens (including phenoxy) is 2. The molecule has 4 nitrogen and oxygen atoms in total. The van der Waals surface area contributed by atoms with Crippen molar-refractivity contribution in [3.05, 3.63) is 80.1 Å². The van der Waals surface area contributed by atoms with Gasteiger partial charge in [0.1, 0.15) is 15.2 Å². The Morgan fingerprint density at radius 1 is 0.889 bits per heavy atom. The van der Waals surface area contributed by atoms with Gasteiger partial charge in [0.05, 0.1) is 30.6 Å². The Bertz CT molecular complexity index is 836. The van der Waals surface area contributed by atoms with E-state index in [1.54, 1.807) is 14.2 Å². The first-order valence-corrected chi connectivity index (χ1v) is 10.3. The van der Waals surface area contributed by atoms with E-state index in [0.29, 0.717) is 0 Å². The number of rotatable bonds is 7. The van der Waals surface area contributed by atoms with Gasteiger partial charge < -0.3 is 14.4 Å². The third kappa shape index (κ3) is 5.35. The van der Waals surface area contributed by atoms with Gasteiger partial charge in [-0.1, -0.05) is 24.3 Å². The number of halogens is 2. The van der Waals surface area contributed by atoms with Crippen LogP contribution in [0.2, 0.25) is 0 Å². The van der Waals surface area contributed by atoms with Crippen LogP contribution in [0.1, 0.15) is 11.1 Å². The van der Waals surface area contributed by atoms with E-state index >= 15 is 0 Å². The predicted octanol–water partition coefficient (Wildman–Crippen LogP) is 5.67. The molecule has 0 bridgehead atoms. The highest BCUT2D eigenvalue weighted by Crippen LogP contribution is 2.26. The number of hydrogen-bond donors (Lipinski definition) is 0. The van der Waals surface area contributed by atoms with Crippen molar-refractivity contribution in [2.24, 2.45) is 0 Å². The Morgan fingerprint density at radius 3 is 1.78 bits per heavy atom. The maximum absolute atomic E-state index is 5.26. The fourth-order valence-corrected chi connectivity index (χ4v) is 3.36. The van der Waals surface area contributed by atoms with Crippen LogP contribution >= 0.6 is 38.5 Å². The molecule has 0 unspecified atom stereocenters. The van der Waals surface area contributed by atoms with Crippen LogP contribution in [-0.2, 0) is 13.1 Å². The fourth-order valence-electron chi connectivity index (χ4n) is 2.73. The fraction of sp³-hybridized carbons (Fsp3) is 0.190. The lowest BCUT2D eigenvalue weighted by molar-refractivity contribution is 0.414. The molecule has 3 aromatic rings. The number of aromatic nitrogens is 1. The van der Waals surface area contributed by atoms with E-state index in [1.807, 2.05) is 30.5 Å². The summed E-state index contributed by atoms with van der Waals surface area (Å²) in [6.07, 6.45) is 1.92. The molecule has 140 valence electrons. The summed E-state index contributed by atoms with van der Waals surface area (Å²) >= 11 is 5.82. The molecule has 1 aromatic heterocycles. The standard InChI is InChI=1S/C21H20BrIN2O2/c1-26-18-7-3-15(4-8-18)13-25(17-11-20(22)21(23)24-12-17)14-16-5-9-19(27-2)10-6-16/h3-12H,13-14H2,1-2H3. The molecule has 0 N–H and O–H groups in total. The minimum absolute atomic E-state index is 0.769. The summed E-state index contributed by atoms with van der Waals surface area (Å²) in [5.41, 5.74) is 3.48. The van der Waals surface area contributed by atoms with Crippen molar-refractivity contribution in [1.29, 1.82) is 0 Å². The van der Waals surface area contributed by atoms with E-state index in [9.17, 15) is 0 Å². The zero-order valence-electron chi connectivity index (χ0n) is 15.2. The van der Waals surface area contributed by atoms with Crippen LogP contribution < -0.4 is 14.4 Å². The summed E-state index contributed by atoms with van der Waals surface area (Å²) in [5, 5.41) is 0. The summed E-state index contributed by atoms with van der Waals surface area (Å²) in [6, 6.07) is 18.4. The van der Waals surface area contributed by atoms with Gasteiger partial charge in [0, 0.05) is 13.1 Å². The lowest BCUT2D eigenvalue weighted by atomic mass is 10.1. The molecule has 0 amide bonds. The molecule has 0 atom stereocenters. The molecule has 27 heavy (non-hydrogen) atoms. The van der Waals surface area contributed by atoms with E-state index in [-0.39, 0.29) is 0 Å². The number of anilines is 1. The zero-order chi connectivity index (χ0) is 19.2. The van der Waals surface area contributed by atoms with Crippen molar-refractivity contribution in [3.8, 4) is 11.5 Å². The van der Waals surface area contributed by atoms with Gasteiger partial charge in [0.15, 0.2) is 0 Å². The molecular weight excluding hydrogens is 519 g/mol. The summed E-state index contributed by atoms with van der Waals surface area (Å²) < 4.78 is 12.5. The third-order valence-electron chi connectivity index (χ3n) is 4.21. The summed E-state index contributed by atoms with van der Waals surface area (Å²) in [6.45, 7) is 1.54. The zero-order valence-corrected chi connectivity index (χ0v) is 18.9. The van der Waals surface area contributed by atoms with Crippen molar-refractivity contribution in [3.63, 3.8) is 0 Å². The Hall–Kier alpha value is -1.80. The lowest BCUT2D eigenvalue weighted by Crippen LogP contribution is -2.22. The normalized spacial score (nSPS) is 10.5. The van der Waals surface area contributed by atoms with Crippen molar-refractivity contribution in [1.82, 2.24) is 4.98 Å². The summed E-state index contributed by atoms with van der Waals surface area (Å²) in [4.78, 5) is 6.80. The second kappa shape index (κ2) is 9.41. The molecule has 3 rings (SSSR count). The second-order valence-electron chi connectivity index (χ2n) is 6.02. The molecule has 0 saturated heterocycles. The number of hydrogen-bond acceptors (Lipinski definition) is 4. The summed E-state index contributed by atoms with van der Waals surface area (Å²) in [7, 11) is 3.36. The van der Waals surface area contributed by atoms with Crippen molar-refractivity contribution in [2.45, 2.75) is 13.1 Å². The van der Waals surface area contributed by atoms with Crippen LogP contribution in [0.15, 0.2) is 65.3 Å². The number of nitrogens with zero attached hydrogens (tertiary/aromatic N) is 2. The third-order valence-corrected chi connectivity index (χ3v) is 6.42. The Kier molecular flexibility index (Phi) is 6.95. The van der Waals surface area contributed by atoms with Crippen LogP contribution in [0, 0.1) is 3.70 Å². The Morgan fingerprint density at radius 2 is 1.37 bits per heavy atom. The first kappa shape index (κ1) is 19.9. The van der Waals surface area contributed by atoms with Crippen LogP contribution in [0.5, 0.6) is 11.5 Å². The van der Waals surface area contributed by atoms with Crippen molar-refractivity contribution in [2.75, 3.05) is 19.1 Å². The quantitative estimate of drug-likeness (QED) is 0.286. The first-order chi connectivity index (χ1) is 13.1. The second-order valence-corrected chi connectivity index (χ2v) is 7.89. The molecule has 0 saturated carbocycles. The molecule has 1 heterocycles. The van der Waals surface area contributed by atoms with Gasteiger partial charge in [-0.2, -0.15) is 0 Å². The molecule has 2 aromatic carbocycles. The average molecular weight is 539 g/mol. The maximum Gasteiger partial charge on any atom is 0.118 e. The molecular formula is C21H20BrIN2O2. The van der Waals surface area contributed by atoms with Crippen LogP contribution in [0.3, 0.4) is 0 Å². The smallest absolute Gasteiger partial charge is 0.118 e. The van der Waals surface area contributed by atoms with Crippen LogP contribution in [0.25, 0.3) is 0 Å². The molecule has 0 aliphatic heterocycles. The Labute approximate surface area is 181 Å². The highest BCUT2D eigenvalue weighted by Gasteiger charge is 2.11. The maximum atomic E-state index is 5.26. The number of methoxy groups -OCH3 is 2. The van der Waals surface area contributed by atoms with Gasteiger partial charge in [-0.15, -0.1) is 0 Å². The van der Waals surface area contributed by atoms with Crippen molar-refractivity contribution >= 4 is 44.2 Å². The van der Waals surface area contributed by atoms with E-state index in [2.05, 4.69) is 78.7 Å². The van der Waals surface area contributed by atoms with Crippen LogP contribution in [0.4, 0.5) is 5.69 Å². The molecule has 6 heteroatoms. The minimum atomic E-state index is 0.769. The van der Waals surface area contributed by atoms with Crippen LogP contribution in [-0.4, -0.2) is 19.2 Å². The molecule has 0 aliphatic rings. The molecule has 0 radical (unpaired) electrons. The van der Waals surface area contributed by atoms with Gasteiger partial charge in [0.2, 0.25) is 0 Å². The number of benzene rings is 2. The molecule has 0 aliphatic carbocycles. The molecule has 0 spiro atoms. The van der Waals surface area contributed by atoms with E-state index < -0.39 is 0 Å². The topological polar surface area (TPSA) is 34.6 Å². The van der Waals surface area contributed by atoms with Gasteiger partial charge >= 0.3 is 0 Å². The Balaban J connectivity index is 1.87. The van der Waals surface area contributed by atoms with Gasteiger partial charge in [-0.05, 0) is 80.0 Å². The van der Waals surface area contributed by atoms with E-state index in [0.717, 1.165) is 38.4 Å². The SMILES string of the molecule is COc1ccc(CN(Cc2ccc(OC)cc2)c2cnc(I)c(Br)c2)cc1. The average Bonchev–Trinajstić information content (AvgIpc) is 2.70. The minimum Gasteiger partial charge on any atom is -0.497 e. The van der Waals surface area contributed by atoms with Gasteiger partial charge in [0.25, 0.3) is 0 Å². The summed E-state index contributed by atoms with van der Waals surface area (Å²) in [5.74, 6) is 1.72. The molecule has 0 fully saturated rings.